The highest BCUT2D eigenvalue weighted by Crippen LogP contribution is 2.23. The van der Waals surface area contributed by atoms with Gasteiger partial charge < -0.3 is 5.32 Å². The highest BCUT2D eigenvalue weighted by molar-refractivity contribution is 9.10. The molecule has 0 aliphatic carbocycles. The molecule has 0 bridgehead atoms. The van der Waals surface area contributed by atoms with Crippen molar-refractivity contribution in [1.29, 1.82) is 0 Å². The van der Waals surface area contributed by atoms with Crippen molar-refractivity contribution in [1.82, 2.24) is 10.2 Å². The summed E-state index contributed by atoms with van der Waals surface area (Å²) in [4.78, 5) is 2.66. The minimum atomic E-state index is 0.630. The molecule has 1 saturated heterocycles. The largest absolute Gasteiger partial charge is 0.311 e. The van der Waals surface area contributed by atoms with E-state index < -0.39 is 0 Å². The molecule has 0 aromatic heterocycles. The SMILES string of the molecule is CCC(C)C1CN(Cc2ccccc2Br)C(CC)CN1. The van der Waals surface area contributed by atoms with Crippen molar-refractivity contribution < 1.29 is 0 Å². The molecule has 20 heavy (non-hydrogen) atoms. The maximum absolute atomic E-state index is 3.75. The molecule has 1 aromatic carbocycles. The number of hydrogen-bond donors (Lipinski definition) is 1. The Kier molecular flexibility index (Phi) is 6.06. The van der Waals surface area contributed by atoms with Crippen molar-refractivity contribution in [2.45, 2.75) is 52.2 Å². The topological polar surface area (TPSA) is 15.3 Å². The second-order valence-electron chi connectivity index (χ2n) is 5.98. The summed E-state index contributed by atoms with van der Waals surface area (Å²) >= 11 is 3.68. The van der Waals surface area contributed by atoms with E-state index in [2.05, 4.69) is 71.2 Å². The summed E-state index contributed by atoms with van der Waals surface area (Å²) < 4.78 is 1.23. The average molecular weight is 339 g/mol. The third-order valence-electron chi connectivity index (χ3n) is 4.70. The quantitative estimate of drug-likeness (QED) is 0.871. The molecule has 1 N–H and O–H groups in total. The summed E-state index contributed by atoms with van der Waals surface area (Å²) in [5.74, 6) is 0.745. The molecule has 0 amide bonds. The first-order valence-electron chi connectivity index (χ1n) is 7.86. The molecule has 2 rings (SSSR count). The van der Waals surface area contributed by atoms with Crippen LogP contribution < -0.4 is 5.32 Å². The summed E-state index contributed by atoms with van der Waals surface area (Å²) in [6.45, 7) is 10.3. The van der Waals surface area contributed by atoms with Crippen LogP contribution in [0.1, 0.15) is 39.2 Å². The monoisotopic (exact) mass is 338 g/mol. The number of nitrogens with one attached hydrogen (secondary N) is 1. The number of halogens is 1. The predicted octanol–water partition coefficient (Wildman–Crippen LogP) is 4.05. The minimum absolute atomic E-state index is 0.630. The van der Waals surface area contributed by atoms with E-state index in [4.69, 9.17) is 0 Å². The molecule has 1 fully saturated rings. The normalized spacial score (nSPS) is 25.6. The number of rotatable bonds is 5. The second-order valence-corrected chi connectivity index (χ2v) is 6.84. The molecule has 1 aliphatic rings. The lowest BCUT2D eigenvalue weighted by molar-refractivity contribution is 0.0991. The molecular weight excluding hydrogens is 312 g/mol. The molecule has 3 heteroatoms. The average Bonchev–Trinajstić information content (AvgIpc) is 2.48. The second kappa shape index (κ2) is 7.58. The van der Waals surface area contributed by atoms with Crippen molar-refractivity contribution in [2.24, 2.45) is 5.92 Å². The first kappa shape index (κ1) is 16.0. The zero-order valence-corrected chi connectivity index (χ0v) is 14.5. The molecule has 1 heterocycles. The van der Waals surface area contributed by atoms with E-state index in [-0.39, 0.29) is 0 Å². The van der Waals surface area contributed by atoms with Crippen LogP contribution in [0.25, 0.3) is 0 Å². The molecule has 0 saturated carbocycles. The van der Waals surface area contributed by atoms with Gasteiger partial charge in [0.15, 0.2) is 0 Å². The van der Waals surface area contributed by atoms with E-state index in [0.717, 1.165) is 25.6 Å². The Balaban J connectivity index is 2.07. The van der Waals surface area contributed by atoms with Crippen LogP contribution in [0, 0.1) is 5.92 Å². The Morgan fingerprint density at radius 1 is 1.35 bits per heavy atom. The maximum atomic E-state index is 3.75. The maximum Gasteiger partial charge on any atom is 0.0249 e. The van der Waals surface area contributed by atoms with E-state index in [9.17, 15) is 0 Å². The highest BCUT2D eigenvalue weighted by Gasteiger charge is 2.29. The smallest absolute Gasteiger partial charge is 0.0249 e. The lowest BCUT2D eigenvalue weighted by atomic mass is 9.94. The lowest BCUT2D eigenvalue weighted by Gasteiger charge is -2.42. The first-order chi connectivity index (χ1) is 9.65. The molecular formula is C17H27BrN2. The van der Waals surface area contributed by atoms with Gasteiger partial charge in [0.05, 0.1) is 0 Å². The van der Waals surface area contributed by atoms with E-state index in [1.54, 1.807) is 0 Å². The fourth-order valence-electron chi connectivity index (χ4n) is 2.99. The van der Waals surface area contributed by atoms with Crippen LogP contribution in [-0.2, 0) is 6.54 Å². The van der Waals surface area contributed by atoms with Gasteiger partial charge in [-0.25, -0.2) is 0 Å². The minimum Gasteiger partial charge on any atom is -0.311 e. The van der Waals surface area contributed by atoms with Gasteiger partial charge in [0.1, 0.15) is 0 Å². The van der Waals surface area contributed by atoms with Gasteiger partial charge in [-0.1, -0.05) is 61.3 Å². The Bertz CT molecular complexity index is 421. The zero-order chi connectivity index (χ0) is 14.5. The molecule has 3 atom stereocenters. The third-order valence-corrected chi connectivity index (χ3v) is 5.47. The number of hydrogen-bond acceptors (Lipinski definition) is 2. The third kappa shape index (κ3) is 3.84. The van der Waals surface area contributed by atoms with E-state index in [0.29, 0.717) is 12.1 Å². The van der Waals surface area contributed by atoms with Crippen LogP contribution in [0.3, 0.4) is 0 Å². The summed E-state index contributed by atoms with van der Waals surface area (Å²) in [5.41, 5.74) is 1.40. The van der Waals surface area contributed by atoms with Gasteiger partial charge in [-0.15, -0.1) is 0 Å². The van der Waals surface area contributed by atoms with Gasteiger partial charge in [-0.2, -0.15) is 0 Å². The fourth-order valence-corrected chi connectivity index (χ4v) is 3.40. The van der Waals surface area contributed by atoms with Crippen molar-refractivity contribution in [3.63, 3.8) is 0 Å². The standard InChI is InChI=1S/C17H27BrN2/c1-4-13(3)17-12-20(15(5-2)10-19-17)11-14-8-6-7-9-16(14)18/h6-9,13,15,17,19H,4-5,10-12H2,1-3H3. The molecule has 2 nitrogen and oxygen atoms in total. The summed E-state index contributed by atoms with van der Waals surface area (Å²) in [7, 11) is 0. The van der Waals surface area contributed by atoms with Crippen molar-refractivity contribution in [2.75, 3.05) is 13.1 Å². The van der Waals surface area contributed by atoms with Crippen molar-refractivity contribution >= 4 is 15.9 Å². The van der Waals surface area contributed by atoms with Gasteiger partial charge in [-0.05, 0) is 24.0 Å². The van der Waals surface area contributed by atoms with Crippen LogP contribution in [-0.4, -0.2) is 30.1 Å². The Labute approximate surface area is 132 Å². The Hall–Kier alpha value is -0.380. The Morgan fingerprint density at radius 2 is 2.10 bits per heavy atom. The van der Waals surface area contributed by atoms with Crippen molar-refractivity contribution in [3.8, 4) is 0 Å². The number of benzene rings is 1. The van der Waals surface area contributed by atoms with Crippen LogP contribution >= 0.6 is 15.9 Å². The summed E-state index contributed by atoms with van der Waals surface area (Å²) in [6.07, 6.45) is 2.46. The highest BCUT2D eigenvalue weighted by atomic mass is 79.9. The molecule has 0 spiro atoms. The molecule has 3 unspecified atom stereocenters. The predicted molar refractivity (Wildman–Crippen MR) is 89.9 cm³/mol. The van der Waals surface area contributed by atoms with Gasteiger partial charge in [0.2, 0.25) is 0 Å². The molecule has 0 radical (unpaired) electrons. The van der Waals surface area contributed by atoms with Gasteiger partial charge in [0, 0.05) is 36.2 Å². The number of nitrogens with zero attached hydrogens (tertiary/aromatic N) is 1. The van der Waals surface area contributed by atoms with Crippen LogP contribution in [0.5, 0.6) is 0 Å². The van der Waals surface area contributed by atoms with Crippen molar-refractivity contribution in [3.05, 3.63) is 34.3 Å². The lowest BCUT2D eigenvalue weighted by Crippen LogP contribution is -2.57. The van der Waals surface area contributed by atoms with E-state index >= 15 is 0 Å². The van der Waals surface area contributed by atoms with Gasteiger partial charge in [-0.3, -0.25) is 4.90 Å². The Morgan fingerprint density at radius 3 is 2.75 bits per heavy atom. The summed E-state index contributed by atoms with van der Waals surface area (Å²) in [6, 6.07) is 9.88. The number of piperazine rings is 1. The van der Waals surface area contributed by atoms with Crippen LogP contribution in [0.4, 0.5) is 0 Å². The first-order valence-corrected chi connectivity index (χ1v) is 8.65. The van der Waals surface area contributed by atoms with E-state index in [1.807, 2.05) is 0 Å². The van der Waals surface area contributed by atoms with Gasteiger partial charge >= 0.3 is 0 Å². The molecule has 1 aromatic rings. The summed E-state index contributed by atoms with van der Waals surface area (Å²) in [5, 5.41) is 3.75. The molecule has 112 valence electrons. The zero-order valence-electron chi connectivity index (χ0n) is 12.9. The van der Waals surface area contributed by atoms with E-state index in [1.165, 1.54) is 22.9 Å². The van der Waals surface area contributed by atoms with Gasteiger partial charge in [0.25, 0.3) is 0 Å². The van der Waals surface area contributed by atoms with Crippen LogP contribution in [0.2, 0.25) is 0 Å². The molecule has 1 aliphatic heterocycles. The van der Waals surface area contributed by atoms with Crippen LogP contribution in [0.15, 0.2) is 28.7 Å². The fraction of sp³-hybridized carbons (Fsp3) is 0.647.